The molecule has 0 aliphatic heterocycles. The van der Waals surface area contributed by atoms with Crippen LogP contribution in [0.5, 0.6) is 0 Å². The van der Waals surface area contributed by atoms with Crippen molar-refractivity contribution in [2.45, 2.75) is 155 Å². The van der Waals surface area contributed by atoms with Gasteiger partial charge < -0.3 is 0 Å². The molecule has 0 aromatic carbocycles. The first-order valence-electron chi connectivity index (χ1n) is 14.8. The van der Waals surface area contributed by atoms with Gasteiger partial charge >= 0.3 is 0 Å². The number of rotatable bonds is 21. The van der Waals surface area contributed by atoms with E-state index in [9.17, 15) is 0 Å². The molecule has 0 aliphatic rings. The summed E-state index contributed by atoms with van der Waals surface area (Å²) in [5.74, 6) is 5.61. The molecule has 0 saturated carbocycles. The molecule has 0 aromatic heterocycles. The third kappa shape index (κ3) is 15.9. The summed E-state index contributed by atoms with van der Waals surface area (Å²) in [6, 6.07) is 0. The Hall–Kier alpha value is 0.532. The van der Waals surface area contributed by atoms with Crippen LogP contribution in [0.3, 0.4) is 0 Å². The lowest BCUT2D eigenvalue weighted by Crippen LogP contribution is -2.27. The Kier molecular flexibility index (Phi) is 20.3. The number of unbranched alkanes of at least 4 members (excludes halogenated alkanes) is 6. The molecule has 0 radical (unpaired) electrons. The first-order chi connectivity index (χ1) is 14.8. The molecule has 6 unspecified atom stereocenters. The van der Waals surface area contributed by atoms with Crippen molar-refractivity contribution < 1.29 is 0 Å². The normalized spacial score (nSPS) is 17.7. The van der Waals surface area contributed by atoms with E-state index in [0.29, 0.717) is 0 Å². The standard InChI is InChI=1S/3C10H21.Al/c3*1-5-6-7-8-10(4)9(2)3;/h3*9-10H,2,5-8H2,1,3-4H3;. The molecule has 0 aromatic rings. The molecular formula is C30H63Al. The molecule has 0 spiro atoms. The highest BCUT2D eigenvalue weighted by Gasteiger charge is 2.29. The first kappa shape index (κ1) is 31.5. The van der Waals surface area contributed by atoms with Crippen molar-refractivity contribution in [1.82, 2.24) is 0 Å². The highest BCUT2D eigenvalue weighted by atomic mass is 27.2. The second-order valence-corrected chi connectivity index (χ2v) is 15.1. The monoisotopic (exact) mass is 450 g/mol. The zero-order chi connectivity index (χ0) is 23.6. The van der Waals surface area contributed by atoms with Crippen molar-refractivity contribution in [2.24, 2.45) is 35.5 Å². The zero-order valence-corrected chi connectivity index (χ0v) is 24.8. The third-order valence-corrected chi connectivity index (χ3v) is 13.0. The Balaban J connectivity index is 4.89. The summed E-state index contributed by atoms with van der Waals surface area (Å²) >= 11 is -0.699. The Morgan fingerprint density at radius 3 is 0.871 bits per heavy atom. The SMILES string of the molecule is CCCCCC(C)C(C)[CH2][Al]([CH2]C(C)C(C)CCCCC)[CH2]C(C)C(C)CCCCC. The van der Waals surface area contributed by atoms with Gasteiger partial charge in [-0.15, -0.1) is 0 Å². The van der Waals surface area contributed by atoms with Crippen LogP contribution >= 0.6 is 0 Å². The average molecular weight is 451 g/mol. The van der Waals surface area contributed by atoms with E-state index in [0.717, 1.165) is 35.5 Å². The fraction of sp³-hybridized carbons (Fsp3) is 1.00. The van der Waals surface area contributed by atoms with Crippen LogP contribution in [-0.4, -0.2) is 14.1 Å². The van der Waals surface area contributed by atoms with Crippen LogP contribution in [0.15, 0.2) is 0 Å². The molecule has 0 aliphatic carbocycles. The second-order valence-electron chi connectivity index (χ2n) is 11.9. The van der Waals surface area contributed by atoms with E-state index in [1.165, 1.54) is 77.0 Å². The number of hydrogen-bond donors (Lipinski definition) is 0. The van der Waals surface area contributed by atoms with Gasteiger partial charge in [0.25, 0.3) is 14.1 Å². The molecule has 0 saturated heterocycles. The van der Waals surface area contributed by atoms with E-state index < -0.39 is 14.1 Å². The molecule has 0 nitrogen and oxygen atoms in total. The average Bonchev–Trinajstić information content (AvgIpc) is 2.73. The minimum atomic E-state index is -0.699. The van der Waals surface area contributed by atoms with Crippen molar-refractivity contribution in [1.29, 1.82) is 0 Å². The molecule has 0 bridgehead atoms. The van der Waals surface area contributed by atoms with Gasteiger partial charge in [0, 0.05) is 0 Å². The van der Waals surface area contributed by atoms with Gasteiger partial charge in [-0.2, -0.15) is 0 Å². The molecule has 186 valence electrons. The molecule has 0 heterocycles. The van der Waals surface area contributed by atoms with Gasteiger partial charge in [0.1, 0.15) is 0 Å². The Labute approximate surface area is 204 Å². The Morgan fingerprint density at radius 1 is 0.387 bits per heavy atom. The maximum Gasteiger partial charge on any atom is 0.262 e. The van der Waals surface area contributed by atoms with Crippen molar-refractivity contribution in [3.05, 3.63) is 0 Å². The Bertz CT molecular complexity index is 322. The zero-order valence-electron chi connectivity index (χ0n) is 23.6. The van der Waals surface area contributed by atoms with Gasteiger partial charge in [0.15, 0.2) is 0 Å². The largest absolute Gasteiger partial charge is 0.262 e. The predicted octanol–water partition coefficient (Wildman–Crippen LogP) is 11.0. The Morgan fingerprint density at radius 2 is 0.645 bits per heavy atom. The van der Waals surface area contributed by atoms with Crippen molar-refractivity contribution in [3.63, 3.8) is 0 Å². The molecular weight excluding hydrogens is 387 g/mol. The summed E-state index contributed by atoms with van der Waals surface area (Å²) in [4.78, 5) is 0. The van der Waals surface area contributed by atoms with Crippen LogP contribution < -0.4 is 0 Å². The fourth-order valence-corrected chi connectivity index (χ4v) is 10.7. The lowest BCUT2D eigenvalue weighted by molar-refractivity contribution is 0.352. The van der Waals surface area contributed by atoms with Crippen LogP contribution in [0.1, 0.15) is 139 Å². The molecule has 0 amide bonds. The topological polar surface area (TPSA) is 0 Å². The molecule has 1 heteroatoms. The molecule has 6 atom stereocenters. The van der Waals surface area contributed by atoms with Crippen LogP contribution in [0.4, 0.5) is 0 Å². The van der Waals surface area contributed by atoms with Crippen molar-refractivity contribution in [2.75, 3.05) is 0 Å². The predicted molar refractivity (Wildman–Crippen MR) is 148 cm³/mol. The van der Waals surface area contributed by atoms with Gasteiger partial charge in [0.2, 0.25) is 0 Å². The summed E-state index contributed by atoms with van der Waals surface area (Å²) in [7, 11) is 0. The van der Waals surface area contributed by atoms with Crippen LogP contribution in [-0.2, 0) is 0 Å². The summed E-state index contributed by atoms with van der Waals surface area (Å²) in [6.45, 7) is 22.5. The van der Waals surface area contributed by atoms with E-state index in [2.05, 4.69) is 62.3 Å². The lowest BCUT2D eigenvalue weighted by Gasteiger charge is -2.30. The molecule has 0 rings (SSSR count). The van der Waals surface area contributed by atoms with Gasteiger partial charge in [-0.25, -0.2) is 0 Å². The highest BCUT2D eigenvalue weighted by Crippen LogP contribution is 2.33. The van der Waals surface area contributed by atoms with Crippen molar-refractivity contribution in [3.8, 4) is 0 Å². The minimum Gasteiger partial charge on any atom is -0.0910 e. The minimum absolute atomic E-state index is 0.699. The highest BCUT2D eigenvalue weighted by molar-refractivity contribution is 6.59. The van der Waals surface area contributed by atoms with E-state index >= 15 is 0 Å². The fourth-order valence-electron chi connectivity index (χ4n) is 5.57. The first-order valence-corrected chi connectivity index (χ1v) is 17.2. The molecule has 0 N–H and O–H groups in total. The van der Waals surface area contributed by atoms with E-state index in [-0.39, 0.29) is 0 Å². The summed E-state index contributed by atoms with van der Waals surface area (Å²) in [6.07, 6.45) is 17.1. The number of hydrogen-bond acceptors (Lipinski definition) is 0. The van der Waals surface area contributed by atoms with Crippen LogP contribution in [0.25, 0.3) is 0 Å². The summed E-state index contributed by atoms with van der Waals surface area (Å²) in [5, 5.41) is 4.81. The van der Waals surface area contributed by atoms with E-state index in [4.69, 9.17) is 0 Å². The van der Waals surface area contributed by atoms with E-state index in [1.54, 1.807) is 15.8 Å². The summed E-state index contributed by atoms with van der Waals surface area (Å²) < 4.78 is 0. The molecule has 31 heavy (non-hydrogen) atoms. The van der Waals surface area contributed by atoms with Gasteiger partial charge in [-0.05, 0) is 17.8 Å². The lowest BCUT2D eigenvalue weighted by atomic mass is 9.91. The third-order valence-electron chi connectivity index (χ3n) is 8.82. The summed E-state index contributed by atoms with van der Waals surface area (Å²) in [5.41, 5.74) is 0. The van der Waals surface area contributed by atoms with Gasteiger partial charge in [0.05, 0.1) is 0 Å². The smallest absolute Gasteiger partial charge is 0.0910 e. The molecule has 0 fully saturated rings. The van der Waals surface area contributed by atoms with Crippen LogP contribution in [0, 0.1) is 35.5 Å². The quantitative estimate of drug-likeness (QED) is 0.120. The van der Waals surface area contributed by atoms with Gasteiger partial charge in [-0.3, -0.25) is 0 Å². The second kappa shape index (κ2) is 20.0. The van der Waals surface area contributed by atoms with Crippen molar-refractivity contribution >= 4 is 14.1 Å². The maximum absolute atomic E-state index is 2.60. The van der Waals surface area contributed by atoms with Gasteiger partial charge in [-0.1, -0.05) is 173 Å². The maximum atomic E-state index is 2.60. The van der Waals surface area contributed by atoms with Crippen LogP contribution in [0.2, 0.25) is 15.8 Å². The van der Waals surface area contributed by atoms with E-state index in [1.807, 2.05) is 0 Å².